The lowest BCUT2D eigenvalue weighted by Gasteiger charge is -2.00. The van der Waals surface area contributed by atoms with Crippen molar-refractivity contribution in [3.05, 3.63) is 47.4 Å². The largest absolute Gasteiger partial charge is 0.337 e. The Kier molecular flexibility index (Phi) is 2.94. The number of rotatable bonds is 3. The molecule has 2 aromatic rings. The van der Waals surface area contributed by atoms with Crippen LogP contribution in [0.15, 0.2) is 41.5 Å². The van der Waals surface area contributed by atoms with Crippen LogP contribution in [0.2, 0.25) is 0 Å². The summed E-state index contributed by atoms with van der Waals surface area (Å²) in [6, 6.07) is 7.49. The summed E-state index contributed by atoms with van der Waals surface area (Å²) in [7, 11) is 0. The molecule has 1 aromatic heterocycles. The lowest BCUT2D eigenvalue weighted by Crippen LogP contribution is -2.23. The van der Waals surface area contributed by atoms with Gasteiger partial charge in [0, 0.05) is 17.5 Å². The molecule has 0 unspecified atom stereocenters. The van der Waals surface area contributed by atoms with Gasteiger partial charge in [-0.2, -0.15) is 0 Å². The number of nitrogens with zero attached hydrogens (tertiary/aromatic N) is 2. The SMILES string of the molecule is O=CNc1cccc(-c2nc3c([nH]2)=CCC=CN=3)c1. The maximum atomic E-state index is 10.5. The highest BCUT2D eigenvalue weighted by molar-refractivity contribution is 5.74. The number of H-pyrrole nitrogens is 1. The first-order chi connectivity index (χ1) is 9.36. The number of hydrogen-bond acceptors (Lipinski definition) is 3. The zero-order chi connectivity index (χ0) is 13.1. The molecule has 1 aliphatic heterocycles. The van der Waals surface area contributed by atoms with Crippen LogP contribution in [0.1, 0.15) is 6.42 Å². The molecule has 0 spiro atoms. The van der Waals surface area contributed by atoms with Gasteiger partial charge in [0.15, 0.2) is 5.49 Å². The van der Waals surface area contributed by atoms with Crippen molar-refractivity contribution >= 4 is 18.2 Å². The fraction of sp³-hybridized carbons (Fsp3) is 0.0714. The van der Waals surface area contributed by atoms with Gasteiger partial charge >= 0.3 is 0 Å². The quantitative estimate of drug-likeness (QED) is 0.799. The molecule has 5 heteroatoms. The van der Waals surface area contributed by atoms with E-state index >= 15 is 0 Å². The Morgan fingerprint density at radius 1 is 1.37 bits per heavy atom. The third-order valence-corrected chi connectivity index (χ3v) is 2.83. The van der Waals surface area contributed by atoms with E-state index in [9.17, 15) is 4.79 Å². The molecule has 0 bridgehead atoms. The van der Waals surface area contributed by atoms with Gasteiger partial charge in [0.2, 0.25) is 6.41 Å². The van der Waals surface area contributed by atoms with Crippen molar-refractivity contribution in [1.82, 2.24) is 9.97 Å². The Labute approximate surface area is 109 Å². The van der Waals surface area contributed by atoms with Gasteiger partial charge in [0.25, 0.3) is 0 Å². The minimum atomic E-state index is 0.657. The van der Waals surface area contributed by atoms with E-state index in [-0.39, 0.29) is 0 Å². The van der Waals surface area contributed by atoms with Crippen LogP contribution in [-0.4, -0.2) is 16.4 Å². The highest BCUT2D eigenvalue weighted by Crippen LogP contribution is 2.17. The molecule has 0 atom stereocenters. The molecule has 1 aliphatic rings. The first kappa shape index (κ1) is 11.4. The van der Waals surface area contributed by atoms with Crippen LogP contribution in [0.25, 0.3) is 17.5 Å². The maximum absolute atomic E-state index is 10.5. The molecule has 94 valence electrons. The molecule has 2 heterocycles. The maximum Gasteiger partial charge on any atom is 0.211 e. The number of benzene rings is 1. The van der Waals surface area contributed by atoms with Crippen LogP contribution >= 0.6 is 0 Å². The number of imidazole rings is 1. The van der Waals surface area contributed by atoms with Crippen LogP contribution in [-0.2, 0) is 4.79 Å². The molecule has 0 fully saturated rings. The van der Waals surface area contributed by atoms with Crippen molar-refractivity contribution in [1.29, 1.82) is 0 Å². The van der Waals surface area contributed by atoms with E-state index in [1.54, 1.807) is 6.20 Å². The number of nitrogens with one attached hydrogen (secondary N) is 2. The van der Waals surface area contributed by atoms with E-state index < -0.39 is 0 Å². The standard InChI is InChI=1S/C14H12N4O/c19-9-16-11-5-3-4-10(8-11)13-17-12-6-1-2-7-15-14(12)18-13/h2-9H,1H2,(H,16,19)(H,15,17,18). The van der Waals surface area contributed by atoms with Crippen LogP contribution in [0.3, 0.4) is 0 Å². The highest BCUT2D eigenvalue weighted by atomic mass is 16.1. The summed E-state index contributed by atoms with van der Waals surface area (Å²) >= 11 is 0. The van der Waals surface area contributed by atoms with Gasteiger partial charge in [-0.25, -0.2) is 9.98 Å². The summed E-state index contributed by atoms with van der Waals surface area (Å²) in [5, 5.41) is 3.55. The molecule has 19 heavy (non-hydrogen) atoms. The Hall–Kier alpha value is -2.69. The second kappa shape index (κ2) is 4.89. The number of aromatic amines is 1. The number of anilines is 1. The minimum Gasteiger partial charge on any atom is -0.337 e. The van der Waals surface area contributed by atoms with E-state index in [1.165, 1.54) is 0 Å². The summed E-state index contributed by atoms with van der Waals surface area (Å²) in [4.78, 5) is 22.4. The number of carbonyl (C=O) groups excluding carboxylic acids is 1. The van der Waals surface area contributed by atoms with E-state index in [2.05, 4.69) is 20.3 Å². The van der Waals surface area contributed by atoms with Crippen molar-refractivity contribution < 1.29 is 4.79 Å². The van der Waals surface area contributed by atoms with E-state index in [1.807, 2.05) is 36.4 Å². The number of hydrogen-bond donors (Lipinski definition) is 2. The number of allylic oxidation sites excluding steroid dienone is 1. The molecule has 1 aromatic carbocycles. The second-order valence-corrected chi connectivity index (χ2v) is 4.12. The summed E-state index contributed by atoms with van der Waals surface area (Å²) in [5.74, 6) is 0.745. The van der Waals surface area contributed by atoms with Crippen LogP contribution in [0, 0.1) is 0 Å². The molecule has 0 aliphatic carbocycles. The fourth-order valence-corrected chi connectivity index (χ4v) is 1.95. The average molecular weight is 252 g/mol. The van der Waals surface area contributed by atoms with Crippen molar-refractivity contribution in [2.75, 3.05) is 5.32 Å². The van der Waals surface area contributed by atoms with Crippen LogP contribution in [0.5, 0.6) is 0 Å². The molecule has 5 nitrogen and oxygen atoms in total. The predicted octanol–water partition coefficient (Wildman–Crippen LogP) is 0.962. The topological polar surface area (TPSA) is 70.1 Å². The summed E-state index contributed by atoms with van der Waals surface area (Å²) in [6.07, 6.45) is 7.28. The van der Waals surface area contributed by atoms with Gasteiger partial charge in [-0.05, 0) is 18.6 Å². The summed E-state index contributed by atoms with van der Waals surface area (Å²) < 4.78 is 0. The van der Waals surface area contributed by atoms with Crippen molar-refractivity contribution in [3.63, 3.8) is 0 Å². The van der Waals surface area contributed by atoms with Gasteiger partial charge in [0.05, 0.1) is 5.35 Å². The molecule has 3 rings (SSSR count). The smallest absolute Gasteiger partial charge is 0.211 e. The number of fused-ring (bicyclic) bond motifs is 1. The molecule has 2 N–H and O–H groups in total. The van der Waals surface area contributed by atoms with E-state index in [0.717, 1.165) is 28.8 Å². The minimum absolute atomic E-state index is 0.657. The Bertz CT molecular complexity index is 758. The summed E-state index contributed by atoms with van der Waals surface area (Å²) in [5.41, 5.74) is 2.34. The van der Waals surface area contributed by atoms with E-state index in [0.29, 0.717) is 11.9 Å². The third-order valence-electron chi connectivity index (χ3n) is 2.83. The zero-order valence-corrected chi connectivity index (χ0v) is 10.1. The third kappa shape index (κ3) is 2.30. The Morgan fingerprint density at radius 2 is 2.32 bits per heavy atom. The summed E-state index contributed by atoms with van der Waals surface area (Å²) in [6.45, 7) is 0. The number of amides is 1. The Morgan fingerprint density at radius 3 is 3.21 bits per heavy atom. The van der Waals surface area contributed by atoms with Crippen molar-refractivity contribution in [2.45, 2.75) is 6.42 Å². The fourth-order valence-electron chi connectivity index (χ4n) is 1.95. The van der Waals surface area contributed by atoms with Gasteiger partial charge in [-0.1, -0.05) is 24.3 Å². The number of carbonyl (C=O) groups is 1. The molecule has 0 saturated carbocycles. The second-order valence-electron chi connectivity index (χ2n) is 4.12. The zero-order valence-electron chi connectivity index (χ0n) is 10.1. The van der Waals surface area contributed by atoms with Crippen molar-refractivity contribution in [3.8, 4) is 11.4 Å². The lowest BCUT2D eigenvalue weighted by atomic mass is 10.2. The molecular formula is C14H12N4O. The predicted molar refractivity (Wildman–Crippen MR) is 72.7 cm³/mol. The molecule has 0 saturated heterocycles. The van der Waals surface area contributed by atoms with Gasteiger partial charge in [0.1, 0.15) is 5.82 Å². The van der Waals surface area contributed by atoms with Crippen LogP contribution < -0.4 is 16.2 Å². The lowest BCUT2D eigenvalue weighted by molar-refractivity contribution is -0.105. The van der Waals surface area contributed by atoms with Gasteiger partial charge in [-0.15, -0.1) is 0 Å². The first-order valence-electron chi connectivity index (χ1n) is 5.96. The highest BCUT2D eigenvalue weighted by Gasteiger charge is 2.04. The van der Waals surface area contributed by atoms with E-state index in [4.69, 9.17) is 0 Å². The molecule has 0 radical (unpaired) electrons. The Balaban J connectivity index is 2.08. The average Bonchev–Trinajstić information content (AvgIpc) is 2.71. The first-order valence-corrected chi connectivity index (χ1v) is 5.96. The monoisotopic (exact) mass is 252 g/mol. The molecule has 1 amide bonds. The van der Waals surface area contributed by atoms with Gasteiger partial charge < -0.3 is 10.3 Å². The van der Waals surface area contributed by atoms with Gasteiger partial charge in [-0.3, -0.25) is 4.79 Å². The normalized spacial score (nSPS) is 12.8. The van der Waals surface area contributed by atoms with Crippen LogP contribution in [0.4, 0.5) is 5.69 Å². The number of aromatic nitrogens is 2. The van der Waals surface area contributed by atoms with Crippen molar-refractivity contribution in [2.24, 2.45) is 4.99 Å². The molecular weight excluding hydrogens is 240 g/mol.